The largest absolute Gasteiger partial charge is 0.306 e. The fourth-order valence-electron chi connectivity index (χ4n) is 1.81. The highest BCUT2D eigenvalue weighted by atomic mass is 15.1. The molecule has 0 aromatic heterocycles. The molecule has 0 radical (unpaired) electrons. The maximum Gasteiger partial charge on any atom is 0.00355 e. The molecule has 3 nitrogen and oxygen atoms in total. The second kappa shape index (κ2) is 9.76. The zero-order chi connectivity index (χ0) is 14.1. The third-order valence-corrected chi connectivity index (χ3v) is 3.86. The highest BCUT2D eigenvalue weighted by Crippen LogP contribution is 1.99. The molecule has 0 aliphatic rings. The van der Waals surface area contributed by atoms with Crippen molar-refractivity contribution in [3.63, 3.8) is 0 Å². The predicted octanol–water partition coefficient (Wildman–Crippen LogP) is 2.38. The summed E-state index contributed by atoms with van der Waals surface area (Å²) in [5.74, 6) is 0. The van der Waals surface area contributed by atoms with E-state index in [-0.39, 0.29) is 0 Å². The molecule has 0 unspecified atom stereocenters. The minimum atomic E-state index is 0.662. The Morgan fingerprint density at radius 3 is 1.22 bits per heavy atom. The molecule has 0 amide bonds. The third kappa shape index (κ3) is 8.90. The number of rotatable bonds is 10. The first kappa shape index (κ1) is 17.9. The zero-order valence-corrected chi connectivity index (χ0v) is 13.7. The van der Waals surface area contributed by atoms with E-state index in [9.17, 15) is 0 Å². The Kier molecular flexibility index (Phi) is 9.70. The fraction of sp³-hybridized carbons (Fsp3) is 1.00. The van der Waals surface area contributed by atoms with E-state index < -0.39 is 0 Å². The highest BCUT2D eigenvalue weighted by molar-refractivity contribution is 4.61. The summed E-state index contributed by atoms with van der Waals surface area (Å²) in [6.07, 6.45) is 2.54. The Morgan fingerprint density at radius 1 is 0.611 bits per heavy atom. The van der Waals surface area contributed by atoms with Crippen molar-refractivity contribution in [1.29, 1.82) is 0 Å². The molecule has 0 aliphatic heterocycles. The minimum absolute atomic E-state index is 0.662. The fourth-order valence-corrected chi connectivity index (χ4v) is 1.81. The molecule has 0 bridgehead atoms. The van der Waals surface area contributed by atoms with Gasteiger partial charge in [-0.15, -0.1) is 0 Å². The van der Waals surface area contributed by atoms with Crippen molar-refractivity contribution >= 4 is 0 Å². The lowest BCUT2D eigenvalue weighted by Crippen LogP contribution is -2.32. The summed E-state index contributed by atoms with van der Waals surface area (Å²) in [7, 11) is 6.66. The quantitative estimate of drug-likeness (QED) is 0.595. The van der Waals surface area contributed by atoms with Crippen LogP contribution < -0.4 is 0 Å². The third-order valence-electron chi connectivity index (χ3n) is 3.86. The summed E-state index contributed by atoms with van der Waals surface area (Å²) in [6, 6.07) is 1.32. The molecule has 0 aromatic carbocycles. The van der Waals surface area contributed by atoms with Crippen molar-refractivity contribution in [3.05, 3.63) is 0 Å². The van der Waals surface area contributed by atoms with E-state index in [2.05, 4.69) is 63.5 Å². The molecule has 0 saturated carbocycles. The van der Waals surface area contributed by atoms with E-state index >= 15 is 0 Å². The standard InChI is InChI=1S/C15H35N3/c1-14(2)17(6)12-8-10-16(5)11-9-13-18(7)15(3)4/h14-15H,8-13H2,1-7H3. The first-order chi connectivity index (χ1) is 8.34. The van der Waals surface area contributed by atoms with Crippen LogP contribution in [0.25, 0.3) is 0 Å². The maximum atomic E-state index is 2.46. The van der Waals surface area contributed by atoms with Crippen molar-refractivity contribution < 1.29 is 0 Å². The van der Waals surface area contributed by atoms with Crippen LogP contribution in [0.3, 0.4) is 0 Å². The van der Waals surface area contributed by atoms with E-state index in [4.69, 9.17) is 0 Å². The summed E-state index contributed by atoms with van der Waals surface area (Å²) >= 11 is 0. The Labute approximate surface area is 115 Å². The molecule has 0 saturated heterocycles. The van der Waals surface area contributed by atoms with Gasteiger partial charge in [-0.2, -0.15) is 0 Å². The van der Waals surface area contributed by atoms with Crippen LogP contribution in [0.5, 0.6) is 0 Å². The van der Waals surface area contributed by atoms with Crippen LogP contribution in [0.4, 0.5) is 0 Å². The van der Waals surface area contributed by atoms with Gasteiger partial charge in [0.05, 0.1) is 0 Å². The van der Waals surface area contributed by atoms with Gasteiger partial charge in [0.2, 0.25) is 0 Å². The van der Waals surface area contributed by atoms with Crippen LogP contribution in [0.2, 0.25) is 0 Å². The number of hydrogen-bond acceptors (Lipinski definition) is 3. The van der Waals surface area contributed by atoms with Gasteiger partial charge < -0.3 is 14.7 Å². The van der Waals surface area contributed by atoms with E-state index in [1.807, 2.05) is 0 Å². The van der Waals surface area contributed by atoms with Crippen molar-refractivity contribution in [2.45, 2.75) is 52.6 Å². The van der Waals surface area contributed by atoms with Gasteiger partial charge in [-0.05, 0) is 87.9 Å². The minimum Gasteiger partial charge on any atom is -0.306 e. The molecule has 0 rings (SSSR count). The summed E-state index contributed by atoms with van der Waals surface area (Å²) < 4.78 is 0. The molecule has 110 valence electrons. The van der Waals surface area contributed by atoms with Crippen LogP contribution in [-0.2, 0) is 0 Å². The van der Waals surface area contributed by atoms with E-state index in [0.29, 0.717) is 12.1 Å². The molecule has 0 spiro atoms. The molecule has 0 aromatic rings. The zero-order valence-electron chi connectivity index (χ0n) is 13.7. The monoisotopic (exact) mass is 257 g/mol. The Balaban J connectivity index is 3.51. The average molecular weight is 257 g/mol. The van der Waals surface area contributed by atoms with Crippen LogP contribution in [-0.4, -0.2) is 74.1 Å². The number of nitrogens with zero attached hydrogens (tertiary/aromatic N) is 3. The van der Waals surface area contributed by atoms with Gasteiger partial charge in [-0.3, -0.25) is 0 Å². The molecule has 0 heterocycles. The van der Waals surface area contributed by atoms with E-state index in [1.54, 1.807) is 0 Å². The Bertz CT molecular complexity index is 172. The van der Waals surface area contributed by atoms with Crippen LogP contribution in [0, 0.1) is 0 Å². The van der Waals surface area contributed by atoms with Gasteiger partial charge in [-0.1, -0.05) is 0 Å². The highest BCUT2D eigenvalue weighted by Gasteiger charge is 2.05. The molecular formula is C15H35N3. The van der Waals surface area contributed by atoms with E-state index in [0.717, 1.165) is 0 Å². The lowest BCUT2D eigenvalue weighted by Gasteiger charge is -2.24. The van der Waals surface area contributed by atoms with Crippen molar-refractivity contribution in [2.24, 2.45) is 0 Å². The SMILES string of the molecule is CC(C)N(C)CCCN(C)CCCN(C)C(C)C. The maximum absolute atomic E-state index is 2.46. The first-order valence-corrected chi connectivity index (χ1v) is 7.43. The lowest BCUT2D eigenvalue weighted by molar-refractivity contribution is 0.226. The van der Waals surface area contributed by atoms with Crippen molar-refractivity contribution in [2.75, 3.05) is 47.3 Å². The second-order valence-corrected chi connectivity index (χ2v) is 6.16. The van der Waals surface area contributed by atoms with Gasteiger partial charge in [0.15, 0.2) is 0 Å². The first-order valence-electron chi connectivity index (χ1n) is 7.43. The van der Waals surface area contributed by atoms with Gasteiger partial charge in [0.25, 0.3) is 0 Å². The van der Waals surface area contributed by atoms with Gasteiger partial charge >= 0.3 is 0 Å². The summed E-state index contributed by atoms with van der Waals surface area (Å²) in [6.45, 7) is 13.8. The molecular weight excluding hydrogens is 222 g/mol. The van der Waals surface area contributed by atoms with Crippen LogP contribution in [0.1, 0.15) is 40.5 Å². The second-order valence-electron chi connectivity index (χ2n) is 6.16. The Morgan fingerprint density at radius 2 is 0.944 bits per heavy atom. The smallest absolute Gasteiger partial charge is 0.00355 e. The molecule has 0 fully saturated rings. The summed E-state index contributed by atoms with van der Waals surface area (Å²) in [4.78, 5) is 7.29. The molecule has 3 heteroatoms. The number of hydrogen-bond donors (Lipinski definition) is 0. The van der Waals surface area contributed by atoms with Crippen molar-refractivity contribution in [3.8, 4) is 0 Å². The van der Waals surface area contributed by atoms with Crippen molar-refractivity contribution in [1.82, 2.24) is 14.7 Å². The Hall–Kier alpha value is -0.120. The van der Waals surface area contributed by atoms with Gasteiger partial charge in [0.1, 0.15) is 0 Å². The van der Waals surface area contributed by atoms with Gasteiger partial charge in [0, 0.05) is 12.1 Å². The van der Waals surface area contributed by atoms with Crippen LogP contribution in [0.15, 0.2) is 0 Å². The summed E-state index contributed by atoms with van der Waals surface area (Å²) in [5.41, 5.74) is 0. The molecule has 18 heavy (non-hydrogen) atoms. The summed E-state index contributed by atoms with van der Waals surface area (Å²) in [5, 5.41) is 0. The van der Waals surface area contributed by atoms with Crippen LogP contribution >= 0.6 is 0 Å². The predicted molar refractivity (Wildman–Crippen MR) is 82.3 cm³/mol. The van der Waals surface area contributed by atoms with Gasteiger partial charge in [-0.25, -0.2) is 0 Å². The topological polar surface area (TPSA) is 9.72 Å². The average Bonchev–Trinajstić information content (AvgIpc) is 2.28. The lowest BCUT2D eigenvalue weighted by atomic mass is 10.3. The normalized spacial score (nSPS) is 12.7. The molecule has 0 atom stereocenters. The molecule has 0 N–H and O–H groups in total. The van der Waals surface area contributed by atoms with E-state index in [1.165, 1.54) is 39.0 Å². The molecule has 0 aliphatic carbocycles.